The van der Waals surface area contributed by atoms with Crippen molar-refractivity contribution in [3.05, 3.63) is 36.0 Å². The van der Waals surface area contributed by atoms with Crippen molar-refractivity contribution < 1.29 is 18.0 Å². The van der Waals surface area contributed by atoms with Crippen molar-refractivity contribution in [3.8, 4) is 0 Å². The monoisotopic (exact) mass is 282 g/mol. The van der Waals surface area contributed by atoms with Crippen molar-refractivity contribution in [2.75, 3.05) is 6.54 Å². The summed E-state index contributed by atoms with van der Waals surface area (Å²) in [5.41, 5.74) is 1.05. The number of amides is 1. The lowest BCUT2D eigenvalue weighted by Crippen LogP contribution is -2.40. The normalized spacial score (nSPS) is 15.6. The van der Waals surface area contributed by atoms with Gasteiger partial charge >= 0.3 is 6.18 Å². The average molecular weight is 282 g/mol. The molecule has 0 spiro atoms. The van der Waals surface area contributed by atoms with Gasteiger partial charge in [-0.05, 0) is 18.9 Å². The molecule has 3 rings (SSSR count). The molecule has 1 fully saturated rings. The highest BCUT2D eigenvalue weighted by molar-refractivity contribution is 6.06. The van der Waals surface area contributed by atoms with Crippen LogP contribution in [-0.2, 0) is 0 Å². The van der Waals surface area contributed by atoms with Gasteiger partial charge in [0.2, 0.25) is 0 Å². The van der Waals surface area contributed by atoms with Crippen LogP contribution in [0.2, 0.25) is 0 Å². The third-order valence-corrected chi connectivity index (χ3v) is 3.42. The Kier molecular flexibility index (Phi) is 2.96. The molecule has 0 aliphatic heterocycles. The lowest BCUT2D eigenvalue weighted by molar-refractivity contribution is -0.141. The molecule has 1 aliphatic rings. The number of fused-ring (bicyclic) bond motifs is 1. The summed E-state index contributed by atoms with van der Waals surface area (Å²) in [6.45, 7) is -1.18. The van der Waals surface area contributed by atoms with E-state index in [2.05, 4.69) is 4.98 Å². The number of para-hydroxylation sites is 1. The first-order valence-corrected chi connectivity index (χ1v) is 6.39. The number of benzene rings is 1. The number of hydrogen-bond acceptors (Lipinski definition) is 1. The lowest BCUT2D eigenvalue weighted by atomic mass is 10.1. The predicted molar refractivity (Wildman–Crippen MR) is 68.4 cm³/mol. The Balaban J connectivity index is 1.93. The first-order chi connectivity index (χ1) is 9.46. The number of hydrogen-bond donors (Lipinski definition) is 1. The second kappa shape index (κ2) is 4.54. The zero-order valence-electron chi connectivity index (χ0n) is 10.6. The number of H-pyrrole nitrogens is 1. The van der Waals surface area contributed by atoms with Gasteiger partial charge in [-0.1, -0.05) is 18.2 Å². The van der Waals surface area contributed by atoms with Crippen LogP contribution >= 0.6 is 0 Å². The minimum absolute atomic E-state index is 0.280. The summed E-state index contributed by atoms with van der Waals surface area (Å²) in [6.07, 6.45) is -1.60. The van der Waals surface area contributed by atoms with E-state index in [-0.39, 0.29) is 6.04 Å². The van der Waals surface area contributed by atoms with Crippen molar-refractivity contribution in [1.29, 1.82) is 0 Å². The van der Waals surface area contributed by atoms with E-state index < -0.39 is 18.6 Å². The van der Waals surface area contributed by atoms with E-state index in [0.717, 1.165) is 10.4 Å². The fourth-order valence-corrected chi connectivity index (χ4v) is 2.35. The van der Waals surface area contributed by atoms with Crippen molar-refractivity contribution in [1.82, 2.24) is 9.88 Å². The van der Waals surface area contributed by atoms with Crippen LogP contribution in [0, 0.1) is 0 Å². The molecule has 0 bridgehead atoms. The maximum absolute atomic E-state index is 12.6. The number of carbonyl (C=O) groups excluding carboxylic acids is 1. The fourth-order valence-electron chi connectivity index (χ4n) is 2.35. The highest BCUT2D eigenvalue weighted by atomic mass is 19.4. The Morgan fingerprint density at radius 1 is 1.30 bits per heavy atom. The minimum Gasteiger partial charge on any atom is -0.360 e. The van der Waals surface area contributed by atoms with E-state index in [4.69, 9.17) is 0 Å². The third-order valence-electron chi connectivity index (χ3n) is 3.42. The maximum atomic E-state index is 12.6. The number of halogens is 3. The molecule has 1 aromatic heterocycles. The van der Waals surface area contributed by atoms with E-state index in [0.29, 0.717) is 23.8 Å². The number of carbonyl (C=O) groups is 1. The second-order valence-corrected chi connectivity index (χ2v) is 5.03. The van der Waals surface area contributed by atoms with E-state index in [1.54, 1.807) is 18.2 Å². The third kappa shape index (κ3) is 2.50. The van der Waals surface area contributed by atoms with Crippen LogP contribution in [0.25, 0.3) is 10.9 Å². The topological polar surface area (TPSA) is 36.1 Å². The van der Waals surface area contributed by atoms with Gasteiger partial charge in [0.15, 0.2) is 0 Å². The fraction of sp³-hybridized carbons (Fsp3) is 0.357. The highest BCUT2D eigenvalue weighted by Gasteiger charge is 2.41. The Labute approximate surface area is 113 Å². The van der Waals surface area contributed by atoms with Crippen molar-refractivity contribution >= 4 is 16.8 Å². The summed E-state index contributed by atoms with van der Waals surface area (Å²) in [7, 11) is 0. The van der Waals surface area contributed by atoms with E-state index in [1.165, 1.54) is 6.20 Å². The molecule has 106 valence electrons. The molecule has 3 nitrogen and oxygen atoms in total. The quantitative estimate of drug-likeness (QED) is 0.921. The molecule has 0 saturated heterocycles. The number of aromatic amines is 1. The van der Waals surface area contributed by atoms with Crippen molar-refractivity contribution in [2.45, 2.75) is 25.1 Å². The SMILES string of the molecule is O=C(c1c[nH]c2ccccc12)N(CC(F)(F)F)C1CC1. The van der Waals surface area contributed by atoms with Crippen molar-refractivity contribution in [3.63, 3.8) is 0 Å². The molecular weight excluding hydrogens is 269 g/mol. The zero-order chi connectivity index (χ0) is 14.3. The highest BCUT2D eigenvalue weighted by Crippen LogP contribution is 2.32. The van der Waals surface area contributed by atoms with Gasteiger partial charge in [0.25, 0.3) is 5.91 Å². The van der Waals surface area contributed by atoms with Gasteiger partial charge in [-0.15, -0.1) is 0 Å². The standard InChI is InChI=1S/C14H13F3N2O/c15-14(16,17)8-19(9-5-6-9)13(20)11-7-18-12-4-2-1-3-10(11)12/h1-4,7,9,18H,5-6,8H2. The van der Waals surface area contributed by atoms with Crippen LogP contribution in [-0.4, -0.2) is 34.6 Å². The van der Waals surface area contributed by atoms with E-state index >= 15 is 0 Å². The van der Waals surface area contributed by atoms with E-state index in [1.807, 2.05) is 6.07 Å². The maximum Gasteiger partial charge on any atom is 0.406 e. The largest absolute Gasteiger partial charge is 0.406 e. The van der Waals surface area contributed by atoms with Crippen molar-refractivity contribution in [2.24, 2.45) is 0 Å². The summed E-state index contributed by atoms with van der Waals surface area (Å²) in [5, 5.41) is 0.658. The van der Waals surface area contributed by atoms with Gasteiger partial charge in [-0.3, -0.25) is 4.79 Å². The van der Waals surface area contributed by atoms with Gasteiger partial charge in [0.05, 0.1) is 5.56 Å². The molecule has 1 heterocycles. The smallest absolute Gasteiger partial charge is 0.360 e. The molecule has 20 heavy (non-hydrogen) atoms. The summed E-state index contributed by atoms with van der Waals surface area (Å²) in [6, 6.07) is 6.81. The van der Waals surface area contributed by atoms with Crippen LogP contribution in [0.3, 0.4) is 0 Å². The Hall–Kier alpha value is -1.98. The minimum atomic E-state index is -4.37. The summed E-state index contributed by atoms with van der Waals surface area (Å²) in [5.74, 6) is -0.553. The number of nitrogens with zero attached hydrogens (tertiary/aromatic N) is 1. The Morgan fingerprint density at radius 2 is 2.00 bits per heavy atom. The molecule has 1 aliphatic carbocycles. The number of rotatable bonds is 3. The lowest BCUT2D eigenvalue weighted by Gasteiger charge is -2.23. The first kappa shape index (κ1) is 13.0. The molecule has 0 atom stereocenters. The molecule has 0 radical (unpaired) electrons. The van der Waals surface area contributed by atoms with Gasteiger partial charge in [0, 0.05) is 23.1 Å². The van der Waals surface area contributed by atoms with Crippen LogP contribution in [0.5, 0.6) is 0 Å². The molecule has 0 unspecified atom stereocenters. The van der Waals surface area contributed by atoms with E-state index in [9.17, 15) is 18.0 Å². The Morgan fingerprint density at radius 3 is 2.65 bits per heavy atom. The van der Waals surface area contributed by atoms with Crippen LogP contribution in [0.15, 0.2) is 30.5 Å². The van der Waals surface area contributed by atoms with Gasteiger partial charge in [0.1, 0.15) is 6.54 Å². The predicted octanol–water partition coefficient (Wildman–Crippen LogP) is 3.33. The van der Waals surface area contributed by atoms with Gasteiger partial charge < -0.3 is 9.88 Å². The Bertz CT molecular complexity index is 643. The molecule has 1 saturated carbocycles. The molecule has 6 heteroatoms. The number of nitrogens with one attached hydrogen (secondary N) is 1. The molecular formula is C14H13F3N2O. The van der Waals surface area contributed by atoms with Crippen LogP contribution in [0.4, 0.5) is 13.2 Å². The number of alkyl halides is 3. The van der Waals surface area contributed by atoms with Gasteiger partial charge in [-0.2, -0.15) is 13.2 Å². The summed E-state index contributed by atoms with van der Waals surface area (Å²) >= 11 is 0. The molecule has 1 N–H and O–H groups in total. The van der Waals surface area contributed by atoms with Crippen LogP contribution in [0.1, 0.15) is 23.2 Å². The number of aromatic nitrogens is 1. The average Bonchev–Trinajstić information content (AvgIpc) is 3.13. The second-order valence-electron chi connectivity index (χ2n) is 5.03. The van der Waals surface area contributed by atoms with Gasteiger partial charge in [-0.25, -0.2) is 0 Å². The summed E-state index contributed by atoms with van der Waals surface area (Å²) < 4.78 is 37.8. The first-order valence-electron chi connectivity index (χ1n) is 6.39. The van der Waals surface area contributed by atoms with Crippen LogP contribution < -0.4 is 0 Å². The molecule has 1 amide bonds. The zero-order valence-corrected chi connectivity index (χ0v) is 10.6. The molecule has 2 aromatic rings. The molecule has 1 aromatic carbocycles. The summed E-state index contributed by atoms with van der Waals surface area (Å²) in [4.78, 5) is 16.2.